The molecule has 1 amide bonds. The Balaban J connectivity index is 0.000000503. The van der Waals surface area contributed by atoms with Gasteiger partial charge in [-0.05, 0) is 6.92 Å². The van der Waals surface area contributed by atoms with Crippen molar-refractivity contribution in [1.82, 2.24) is 20.4 Å². The maximum atomic E-state index is 13.5. The molecular formula is C19H27N5O6. The average molecular weight is 421 g/mol. The number of rotatable bonds is 3. The number of carbonyl (C=O) groups excluding carboxylic acids is 2. The quantitative estimate of drug-likeness (QED) is 0.249. The van der Waals surface area contributed by atoms with Crippen LogP contribution >= 0.6 is 0 Å². The van der Waals surface area contributed by atoms with E-state index in [0.717, 1.165) is 13.1 Å². The summed E-state index contributed by atoms with van der Waals surface area (Å²) < 4.78 is 5.90. The Hall–Kier alpha value is -2.47. The normalized spacial score (nSPS) is 34.4. The van der Waals surface area contributed by atoms with Crippen molar-refractivity contribution >= 4 is 17.7 Å². The topological polar surface area (TPSA) is 167 Å². The van der Waals surface area contributed by atoms with Crippen LogP contribution < -0.4 is 16.4 Å². The van der Waals surface area contributed by atoms with E-state index >= 15 is 0 Å². The number of piperazine rings is 2. The molecule has 1 aliphatic carbocycles. The van der Waals surface area contributed by atoms with E-state index in [4.69, 9.17) is 14.6 Å². The van der Waals surface area contributed by atoms with E-state index in [1.165, 1.54) is 0 Å². The minimum atomic E-state index is -1.33. The Kier molecular flexibility index (Phi) is 5.09. The summed E-state index contributed by atoms with van der Waals surface area (Å²) in [5.74, 6) is -0.747. The van der Waals surface area contributed by atoms with E-state index in [2.05, 4.69) is 16.4 Å². The molecule has 6 N–H and O–H groups in total. The van der Waals surface area contributed by atoms with Gasteiger partial charge in [0.1, 0.15) is 0 Å². The van der Waals surface area contributed by atoms with E-state index in [-0.39, 0.29) is 30.3 Å². The number of primary amides is 1. The van der Waals surface area contributed by atoms with Gasteiger partial charge in [-0.1, -0.05) is 0 Å². The number of nitrogens with one attached hydrogen (secondary N) is 2. The van der Waals surface area contributed by atoms with Gasteiger partial charge in [-0.25, -0.2) is 4.79 Å². The van der Waals surface area contributed by atoms with Crippen LogP contribution in [0.3, 0.4) is 0 Å². The zero-order valence-corrected chi connectivity index (χ0v) is 17.0. The van der Waals surface area contributed by atoms with Gasteiger partial charge in [0, 0.05) is 57.0 Å². The molecule has 0 bridgehead atoms. The van der Waals surface area contributed by atoms with Crippen molar-refractivity contribution < 1.29 is 29.3 Å². The van der Waals surface area contributed by atoms with Crippen molar-refractivity contribution in [3.8, 4) is 0 Å². The van der Waals surface area contributed by atoms with Gasteiger partial charge in [-0.3, -0.25) is 9.59 Å². The van der Waals surface area contributed by atoms with Crippen molar-refractivity contribution in [2.24, 2.45) is 11.7 Å². The second-order valence-corrected chi connectivity index (χ2v) is 8.02. The highest BCUT2D eigenvalue weighted by atomic mass is 16.5. The first-order valence-electron chi connectivity index (χ1n) is 9.97. The number of carboxylic acid groups (broad SMARTS) is 1. The van der Waals surface area contributed by atoms with Gasteiger partial charge in [0.25, 0.3) is 0 Å². The Morgan fingerprint density at radius 2 is 1.90 bits per heavy atom. The zero-order chi connectivity index (χ0) is 21.8. The second-order valence-electron chi connectivity index (χ2n) is 8.02. The highest BCUT2D eigenvalue weighted by Crippen LogP contribution is 2.55. The van der Waals surface area contributed by atoms with Gasteiger partial charge in [0.05, 0.1) is 30.0 Å². The number of Topliss-reactive ketones (excluding diaryl/α,β-unsaturated/α-hetero) is 2. The minimum absolute atomic E-state index is 0.0405. The molecule has 11 nitrogen and oxygen atoms in total. The van der Waals surface area contributed by atoms with Gasteiger partial charge in [-0.2, -0.15) is 0 Å². The molecule has 4 atom stereocenters. The fourth-order valence-electron chi connectivity index (χ4n) is 5.40. The van der Waals surface area contributed by atoms with Gasteiger partial charge < -0.3 is 41.1 Å². The Bertz CT molecular complexity index is 859. The van der Waals surface area contributed by atoms with Gasteiger partial charge in [0.2, 0.25) is 11.6 Å². The first-order chi connectivity index (χ1) is 14.3. The lowest BCUT2D eigenvalue weighted by Crippen LogP contribution is -2.54. The standard InChI is InChI=1S/C18H24N4O4.CH3NO2/c1-9-13(21-5-3-19-4-6-21)16(25)12-10(8-23)18(26-2)17-11(20-17)7-22(18)14(12)15(9)24;2-1(3)4/h10-11,17,19-20,23H,3-8H2,1-2H3;2H2,(H,3,4). The number of ketones is 2. The smallest absolute Gasteiger partial charge is 0.402 e. The molecule has 0 aromatic carbocycles. The number of aliphatic hydroxyl groups is 1. The number of fused-ring (bicyclic) bond motifs is 4. The minimum Gasteiger partial charge on any atom is -0.465 e. The monoisotopic (exact) mass is 421 g/mol. The van der Waals surface area contributed by atoms with Gasteiger partial charge in [-0.15, -0.1) is 0 Å². The largest absolute Gasteiger partial charge is 0.465 e. The highest BCUT2D eigenvalue weighted by Gasteiger charge is 2.72. The van der Waals surface area contributed by atoms with Gasteiger partial charge in [0.15, 0.2) is 5.72 Å². The number of carbonyl (C=O) groups is 3. The maximum Gasteiger partial charge on any atom is 0.402 e. The van der Waals surface area contributed by atoms with Crippen LogP contribution in [-0.2, 0) is 14.3 Å². The zero-order valence-electron chi connectivity index (χ0n) is 17.0. The van der Waals surface area contributed by atoms with Crippen molar-refractivity contribution in [3.05, 3.63) is 22.5 Å². The molecule has 5 aliphatic rings. The summed E-state index contributed by atoms with van der Waals surface area (Å²) in [5, 5.41) is 24.0. The van der Waals surface area contributed by atoms with Crippen molar-refractivity contribution in [2.45, 2.75) is 24.7 Å². The number of aliphatic hydroxyl groups excluding tert-OH is 1. The number of hydrogen-bond acceptors (Lipinski definition) is 9. The van der Waals surface area contributed by atoms with Crippen LogP contribution in [0.25, 0.3) is 0 Å². The fraction of sp³-hybridized carbons (Fsp3) is 0.632. The molecule has 0 aromatic rings. The van der Waals surface area contributed by atoms with E-state index in [0.29, 0.717) is 42.2 Å². The summed E-state index contributed by atoms with van der Waals surface area (Å²) in [6, 6.07) is 0.290. The molecule has 3 fully saturated rings. The average Bonchev–Trinajstić information content (AvgIpc) is 3.32. The predicted molar refractivity (Wildman–Crippen MR) is 104 cm³/mol. The van der Waals surface area contributed by atoms with Crippen LogP contribution in [0.2, 0.25) is 0 Å². The molecule has 30 heavy (non-hydrogen) atoms. The lowest BCUT2D eigenvalue weighted by Gasteiger charge is -2.39. The third kappa shape index (κ3) is 2.77. The van der Waals surface area contributed by atoms with Crippen molar-refractivity contribution in [1.29, 1.82) is 0 Å². The highest BCUT2D eigenvalue weighted by molar-refractivity contribution is 6.25. The molecule has 5 rings (SSSR count). The number of nitrogens with zero attached hydrogens (tertiary/aromatic N) is 2. The van der Waals surface area contributed by atoms with E-state index in [9.17, 15) is 14.7 Å². The maximum absolute atomic E-state index is 13.5. The summed E-state index contributed by atoms with van der Waals surface area (Å²) in [7, 11) is 1.60. The number of methoxy groups -OCH3 is 1. The van der Waals surface area contributed by atoms with E-state index in [1.807, 2.05) is 9.80 Å². The van der Waals surface area contributed by atoms with Crippen LogP contribution in [0.4, 0.5) is 4.79 Å². The molecule has 4 unspecified atom stereocenters. The van der Waals surface area contributed by atoms with Crippen LogP contribution in [0.1, 0.15) is 6.92 Å². The van der Waals surface area contributed by atoms with Gasteiger partial charge >= 0.3 is 6.09 Å². The molecule has 4 heterocycles. The lowest BCUT2D eigenvalue weighted by molar-refractivity contribution is -0.137. The summed E-state index contributed by atoms with van der Waals surface area (Å²) in [6.45, 7) is 5.12. The van der Waals surface area contributed by atoms with E-state index in [1.54, 1.807) is 14.0 Å². The summed E-state index contributed by atoms with van der Waals surface area (Å²) in [4.78, 5) is 39.5. The van der Waals surface area contributed by atoms with Crippen LogP contribution in [-0.4, -0.2) is 102 Å². The second kappa shape index (κ2) is 7.34. The Labute approximate surface area is 173 Å². The molecule has 3 saturated heterocycles. The summed E-state index contributed by atoms with van der Waals surface area (Å²) in [5.41, 5.74) is 5.08. The molecule has 164 valence electrons. The van der Waals surface area contributed by atoms with Crippen LogP contribution in [0.5, 0.6) is 0 Å². The van der Waals surface area contributed by atoms with Crippen molar-refractivity contribution in [3.63, 3.8) is 0 Å². The SMILES string of the molecule is COC12C(CO)C3=C(C(=O)C(C)=C(N4CCNCC4)C3=O)N1CC1NC12.NC(=O)O. The van der Waals surface area contributed by atoms with Crippen LogP contribution in [0.15, 0.2) is 22.5 Å². The number of ether oxygens (including phenoxy) is 1. The first-order valence-corrected chi connectivity index (χ1v) is 9.97. The number of allylic oxidation sites excluding steroid dienone is 2. The predicted octanol–water partition coefficient (Wildman–Crippen LogP) is -2.18. The molecule has 0 aromatic heterocycles. The van der Waals surface area contributed by atoms with Crippen molar-refractivity contribution in [2.75, 3.05) is 46.4 Å². The fourth-order valence-corrected chi connectivity index (χ4v) is 5.40. The molecule has 11 heteroatoms. The summed E-state index contributed by atoms with van der Waals surface area (Å²) in [6.07, 6.45) is -1.33. The van der Waals surface area contributed by atoms with Crippen LogP contribution in [0, 0.1) is 5.92 Å². The summed E-state index contributed by atoms with van der Waals surface area (Å²) >= 11 is 0. The third-order valence-electron chi connectivity index (χ3n) is 6.62. The molecule has 0 radical (unpaired) electrons. The third-order valence-corrected chi connectivity index (χ3v) is 6.62. The molecular weight excluding hydrogens is 394 g/mol. The Morgan fingerprint density at radius 1 is 1.27 bits per heavy atom. The molecule has 4 aliphatic heterocycles. The number of hydrogen-bond donors (Lipinski definition) is 5. The molecule has 0 saturated carbocycles. The Morgan fingerprint density at radius 3 is 2.47 bits per heavy atom. The number of amides is 1. The van der Waals surface area contributed by atoms with E-state index < -0.39 is 17.7 Å². The lowest BCUT2D eigenvalue weighted by atomic mass is 9.82. The molecule has 0 spiro atoms. The first kappa shape index (κ1) is 20.8. The number of nitrogens with two attached hydrogens (primary N) is 1.